The molecule has 0 N–H and O–H groups in total. The van der Waals surface area contributed by atoms with Crippen molar-refractivity contribution >= 4 is 22.8 Å². The number of amides is 1. The van der Waals surface area contributed by atoms with E-state index in [9.17, 15) is 4.79 Å². The van der Waals surface area contributed by atoms with Crippen LogP contribution in [-0.4, -0.2) is 56.7 Å². The van der Waals surface area contributed by atoms with Crippen molar-refractivity contribution in [3.05, 3.63) is 41.3 Å². The van der Waals surface area contributed by atoms with Crippen LogP contribution in [0, 0.1) is 19.8 Å². The van der Waals surface area contributed by atoms with E-state index in [1.807, 2.05) is 30.4 Å². The van der Waals surface area contributed by atoms with Crippen molar-refractivity contribution < 1.29 is 4.79 Å². The number of carbonyl (C=O) groups excluding carboxylic acids is 1. The highest BCUT2D eigenvalue weighted by Gasteiger charge is 2.27. The molecule has 0 bridgehead atoms. The molecule has 0 aliphatic carbocycles. The Morgan fingerprint density at radius 1 is 1.00 bits per heavy atom. The summed E-state index contributed by atoms with van der Waals surface area (Å²) in [7, 11) is 0. The van der Waals surface area contributed by atoms with Crippen molar-refractivity contribution in [2.24, 2.45) is 5.92 Å². The van der Waals surface area contributed by atoms with E-state index in [2.05, 4.69) is 49.9 Å². The molecule has 1 amide bonds. The Hall–Kier alpha value is -2.96. The Labute approximate surface area is 190 Å². The summed E-state index contributed by atoms with van der Waals surface area (Å²) in [5.41, 5.74) is 3.99. The van der Waals surface area contributed by atoms with Crippen LogP contribution < -0.4 is 4.90 Å². The van der Waals surface area contributed by atoms with Gasteiger partial charge in [-0.15, -0.1) is 0 Å². The number of aromatic nitrogens is 4. The lowest BCUT2D eigenvalue weighted by Gasteiger charge is -2.36. The van der Waals surface area contributed by atoms with Gasteiger partial charge in [-0.05, 0) is 32.4 Å². The minimum Gasteiger partial charge on any atom is -0.352 e. The molecule has 1 aliphatic heterocycles. The molecule has 32 heavy (non-hydrogen) atoms. The SMILES string of the molecule is CC[C@H](C)c1nc(N2CCN(C(=O)C(C)C)CC2)c2c(C)nn(-c3ccc(C)cc3)c2n1. The largest absolute Gasteiger partial charge is 0.352 e. The second-order valence-electron chi connectivity index (χ2n) is 9.21. The summed E-state index contributed by atoms with van der Waals surface area (Å²) in [5, 5.41) is 5.86. The number of carbonyl (C=O) groups is 1. The molecule has 1 fully saturated rings. The predicted molar refractivity (Wildman–Crippen MR) is 128 cm³/mol. The van der Waals surface area contributed by atoms with Gasteiger partial charge >= 0.3 is 0 Å². The zero-order chi connectivity index (χ0) is 23.0. The van der Waals surface area contributed by atoms with Crippen LogP contribution >= 0.6 is 0 Å². The number of hydrogen-bond acceptors (Lipinski definition) is 5. The zero-order valence-electron chi connectivity index (χ0n) is 20.1. The minimum absolute atomic E-state index is 0.0271. The molecular weight excluding hydrogens is 400 g/mol. The summed E-state index contributed by atoms with van der Waals surface area (Å²) in [6.45, 7) is 15.3. The first-order valence-corrected chi connectivity index (χ1v) is 11.7. The normalized spacial score (nSPS) is 15.6. The van der Waals surface area contributed by atoms with Crippen LogP contribution in [0.4, 0.5) is 5.82 Å². The number of aryl methyl sites for hydroxylation is 2. The molecule has 7 heteroatoms. The summed E-state index contributed by atoms with van der Waals surface area (Å²) in [5.74, 6) is 2.30. The van der Waals surface area contributed by atoms with Gasteiger partial charge in [0.15, 0.2) is 5.65 Å². The minimum atomic E-state index is 0.0271. The number of benzene rings is 1. The van der Waals surface area contributed by atoms with E-state index in [-0.39, 0.29) is 17.7 Å². The number of hydrogen-bond donors (Lipinski definition) is 0. The second kappa shape index (κ2) is 8.88. The third-order valence-electron chi connectivity index (χ3n) is 6.42. The average molecular weight is 435 g/mol. The highest BCUT2D eigenvalue weighted by atomic mass is 16.2. The predicted octanol–water partition coefficient (Wildman–Crippen LogP) is 4.25. The molecule has 1 atom stereocenters. The Kier molecular flexibility index (Phi) is 6.17. The van der Waals surface area contributed by atoms with Crippen LogP contribution in [0.3, 0.4) is 0 Å². The van der Waals surface area contributed by atoms with Gasteiger partial charge in [-0.1, -0.05) is 45.4 Å². The summed E-state index contributed by atoms with van der Waals surface area (Å²) >= 11 is 0. The maximum absolute atomic E-state index is 12.4. The molecule has 1 aliphatic rings. The number of anilines is 1. The molecule has 170 valence electrons. The highest BCUT2D eigenvalue weighted by Crippen LogP contribution is 2.31. The van der Waals surface area contributed by atoms with E-state index >= 15 is 0 Å². The summed E-state index contributed by atoms with van der Waals surface area (Å²) < 4.78 is 1.94. The van der Waals surface area contributed by atoms with Crippen LogP contribution in [0.2, 0.25) is 0 Å². The van der Waals surface area contributed by atoms with Crippen molar-refractivity contribution in [3.8, 4) is 5.69 Å². The molecule has 2 aromatic heterocycles. The standard InChI is InChI=1S/C25H34N6O/c1-7-18(5)22-26-23(29-12-14-30(15-13-29)25(32)16(2)3)21-19(6)28-31(24(21)27-22)20-10-8-17(4)9-11-20/h8-11,16,18H,7,12-15H2,1-6H3/t18-/m0/s1. The molecule has 1 saturated heterocycles. The summed E-state index contributed by atoms with van der Waals surface area (Å²) in [4.78, 5) is 26.7. The van der Waals surface area contributed by atoms with Gasteiger partial charge in [0.2, 0.25) is 5.91 Å². The molecule has 1 aromatic carbocycles. The maximum atomic E-state index is 12.4. The van der Waals surface area contributed by atoms with Gasteiger partial charge in [0.25, 0.3) is 0 Å². The molecule has 7 nitrogen and oxygen atoms in total. The van der Waals surface area contributed by atoms with E-state index in [0.29, 0.717) is 13.1 Å². The van der Waals surface area contributed by atoms with Gasteiger partial charge in [-0.3, -0.25) is 4.79 Å². The number of piperazine rings is 1. The fourth-order valence-electron chi connectivity index (χ4n) is 4.18. The van der Waals surface area contributed by atoms with Gasteiger partial charge < -0.3 is 9.80 Å². The van der Waals surface area contributed by atoms with Gasteiger partial charge in [0.1, 0.15) is 11.6 Å². The fourth-order valence-corrected chi connectivity index (χ4v) is 4.18. The summed E-state index contributed by atoms with van der Waals surface area (Å²) in [6.07, 6.45) is 0.971. The molecule has 0 saturated carbocycles. The van der Waals surface area contributed by atoms with Crippen molar-refractivity contribution in [1.82, 2.24) is 24.6 Å². The molecule has 0 radical (unpaired) electrons. The Morgan fingerprint density at radius 2 is 1.66 bits per heavy atom. The lowest BCUT2D eigenvalue weighted by atomic mass is 10.1. The van der Waals surface area contributed by atoms with Crippen LogP contribution in [0.25, 0.3) is 16.7 Å². The summed E-state index contributed by atoms with van der Waals surface area (Å²) in [6, 6.07) is 8.37. The number of nitrogens with zero attached hydrogens (tertiary/aromatic N) is 6. The first-order valence-electron chi connectivity index (χ1n) is 11.7. The van der Waals surface area contributed by atoms with Gasteiger partial charge in [-0.25, -0.2) is 14.6 Å². The maximum Gasteiger partial charge on any atom is 0.225 e. The van der Waals surface area contributed by atoms with Crippen LogP contribution in [0.1, 0.15) is 57.1 Å². The lowest BCUT2D eigenvalue weighted by Crippen LogP contribution is -2.50. The van der Waals surface area contributed by atoms with Crippen LogP contribution in [0.5, 0.6) is 0 Å². The smallest absolute Gasteiger partial charge is 0.225 e. The number of fused-ring (bicyclic) bond motifs is 1. The van der Waals surface area contributed by atoms with Gasteiger partial charge in [-0.2, -0.15) is 5.10 Å². The molecule has 3 heterocycles. The lowest BCUT2D eigenvalue weighted by molar-refractivity contribution is -0.134. The van der Waals surface area contributed by atoms with Crippen molar-refractivity contribution in [3.63, 3.8) is 0 Å². The second-order valence-corrected chi connectivity index (χ2v) is 9.21. The van der Waals surface area contributed by atoms with E-state index in [1.165, 1.54) is 5.56 Å². The van der Waals surface area contributed by atoms with Gasteiger partial charge in [0.05, 0.1) is 16.8 Å². The van der Waals surface area contributed by atoms with E-state index in [0.717, 1.165) is 53.6 Å². The van der Waals surface area contributed by atoms with Gasteiger partial charge in [0, 0.05) is 38.0 Å². The molecular formula is C25H34N6O. The van der Waals surface area contributed by atoms with Crippen LogP contribution in [0.15, 0.2) is 24.3 Å². The van der Waals surface area contributed by atoms with Crippen molar-refractivity contribution in [2.75, 3.05) is 31.1 Å². The van der Waals surface area contributed by atoms with E-state index in [1.54, 1.807) is 0 Å². The fraction of sp³-hybridized carbons (Fsp3) is 0.520. The van der Waals surface area contributed by atoms with Crippen molar-refractivity contribution in [1.29, 1.82) is 0 Å². The molecule has 3 aromatic rings. The first kappa shape index (κ1) is 22.2. The third-order valence-corrected chi connectivity index (χ3v) is 6.42. The molecule has 0 unspecified atom stereocenters. The third kappa shape index (κ3) is 4.08. The quantitative estimate of drug-likeness (QED) is 0.601. The van der Waals surface area contributed by atoms with E-state index < -0.39 is 0 Å². The number of rotatable bonds is 5. The average Bonchev–Trinajstić information content (AvgIpc) is 3.14. The Bertz CT molecular complexity index is 1110. The topological polar surface area (TPSA) is 67.2 Å². The highest BCUT2D eigenvalue weighted by molar-refractivity contribution is 5.91. The van der Waals surface area contributed by atoms with Crippen molar-refractivity contribution in [2.45, 2.75) is 53.9 Å². The monoisotopic (exact) mass is 434 g/mol. The first-order chi connectivity index (χ1) is 15.3. The van der Waals surface area contributed by atoms with Crippen LogP contribution in [-0.2, 0) is 4.79 Å². The zero-order valence-corrected chi connectivity index (χ0v) is 20.1. The Morgan fingerprint density at radius 3 is 2.25 bits per heavy atom. The van der Waals surface area contributed by atoms with E-state index in [4.69, 9.17) is 15.1 Å². The Balaban J connectivity index is 1.78. The molecule has 0 spiro atoms. The molecule has 4 rings (SSSR count).